The van der Waals surface area contributed by atoms with Crippen molar-refractivity contribution in [2.24, 2.45) is 0 Å². The Hall–Kier alpha value is -3.16. The Morgan fingerprint density at radius 3 is 2.55 bits per heavy atom. The SMILES string of the molecule is COc1ccc(C(=O)/C=C/c2ccc(Cl)cc2)cc1S(=O)(=O)Nc1cccnc1. The molecule has 29 heavy (non-hydrogen) atoms. The molecule has 8 heteroatoms. The number of nitrogens with one attached hydrogen (secondary N) is 1. The van der Waals surface area contributed by atoms with Crippen LogP contribution in [0.15, 0.2) is 78.0 Å². The fourth-order valence-electron chi connectivity index (χ4n) is 2.52. The van der Waals surface area contributed by atoms with Crippen LogP contribution in [0.25, 0.3) is 6.08 Å². The molecule has 0 fully saturated rings. The van der Waals surface area contributed by atoms with Gasteiger partial charge < -0.3 is 4.74 Å². The first kappa shape index (κ1) is 20.6. The van der Waals surface area contributed by atoms with Crippen molar-refractivity contribution >= 4 is 39.2 Å². The van der Waals surface area contributed by atoms with Gasteiger partial charge in [0.1, 0.15) is 10.6 Å². The van der Waals surface area contributed by atoms with Crippen molar-refractivity contribution < 1.29 is 17.9 Å². The minimum absolute atomic E-state index is 0.125. The molecule has 0 aliphatic rings. The van der Waals surface area contributed by atoms with Gasteiger partial charge in [0.05, 0.1) is 19.0 Å². The lowest BCUT2D eigenvalue weighted by Gasteiger charge is -2.12. The summed E-state index contributed by atoms with van der Waals surface area (Å²) in [7, 11) is -2.63. The molecule has 148 valence electrons. The molecule has 2 aromatic carbocycles. The number of rotatable bonds is 7. The molecular formula is C21H17ClN2O4S. The van der Waals surface area contributed by atoms with Gasteiger partial charge in [-0.2, -0.15) is 0 Å². The van der Waals surface area contributed by atoms with Crippen molar-refractivity contribution in [3.8, 4) is 5.75 Å². The lowest BCUT2D eigenvalue weighted by molar-refractivity contribution is 0.104. The molecule has 0 amide bonds. The maximum atomic E-state index is 12.8. The number of methoxy groups -OCH3 is 1. The molecule has 0 spiro atoms. The highest BCUT2D eigenvalue weighted by Gasteiger charge is 2.21. The topological polar surface area (TPSA) is 85.4 Å². The van der Waals surface area contributed by atoms with E-state index in [2.05, 4.69) is 9.71 Å². The highest BCUT2D eigenvalue weighted by Crippen LogP contribution is 2.27. The predicted octanol–water partition coefficient (Wildman–Crippen LogP) is 4.44. The summed E-state index contributed by atoms with van der Waals surface area (Å²) < 4.78 is 33.2. The third-order valence-electron chi connectivity index (χ3n) is 3.95. The first-order chi connectivity index (χ1) is 13.9. The smallest absolute Gasteiger partial charge is 0.265 e. The normalized spacial score (nSPS) is 11.4. The molecule has 0 radical (unpaired) electrons. The second kappa shape index (κ2) is 8.89. The Labute approximate surface area is 173 Å². The minimum atomic E-state index is -3.99. The molecular weight excluding hydrogens is 412 g/mol. The number of nitrogens with zero attached hydrogens (tertiary/aromatic N) is 1. The van der Waals surface area contributed by atoms with Gasteiger partial charge in [-0.15, -0.1) is 0 Å². The van der Waals surface area contributed by atoms with Crippen LogP contribution in [0.5, 0.6) is 5.75 Å². The molecule has 6 nitrogen and oxygen atoms in total. The van der Waals surface area contributed by atoms with Gasteiger partial charge in [0.15, 0.2) is 5.78 Å². The summed E-state index contributed by atoms with van der Waals surface area (Å²) in [5.74, 6) is -0.222. The second-order valence-electron chi connectivity index (χ2n) is 5.96. The van der Waals surface area contributed by atoms with Gasteiger partial charge in [0.2, 0.25) is 0 Å². The van der Waals surface area contributed by atoms with Crippen molar-refractivity contribution in [2.45, 2.75) is 4.90 Å². The average molecular weight is 429 g/mol. The fourth-order valence-corrected chi connectivity index (χ4v) is 3.88. The summed E-state index contributed by atoms with van der Waals surface area (Å²) in [6, 6.07) is 14.4. The molecule has 0 saturated carbocycles. The van der Waals surface area contributed by atoms with Crippen LogP contribution in [-0.4, -0.2) is 26.3 Å². The van der Waals surface area contributed by atoms with E-state index in [0.29, 0.717) is 10.7 Å². The van der Waals surface area contributed by atoms with Gasteiger partial charge in [-0.25, -0.2) is 8.42 Å². The predicted molar refractivity (Wildman–Crippen MR) is 113 cm³/mol. The van der Waals surface area contributed by atoms with Crippen LogP contribution < -0.4 is 9.46 Å². The van der Waals surface area contributed by atoms with E-state index in [-0.39, 0.29) is 22.0 Å². The van der Waals surface area contributed by atoms with E-state index in [1.165, 1.54) is 43.8 Å². The number of aromatic nitrogens is 1. The number of halogens is 1. The number of hydrogen-bond donors (Lipinski definition) is 1. The lowest BCUT2D eigenvalue weighted by atomic mass is 10.1. The number of benzene rings is 2. The highest BCUT2D eigenvalue weighted by molar-refractivity contribution is 7.92. The summed E-state index contributed by atoms with van der Waals surface area (Å²) in [4.78, 5) is 16.3. The van der Waals surface area contributed by atoms with Crippen molar-refractivity contribution in [1.29, 1.82) is 0 Å². The number of pyridine rings is 1. The minimum Gasteiger partial charge on any atom is -0.495 e. The van der Waals surface area contributed by atoms with Crippen LogP contribution >= 0.6 is 11.6 Å². The van der Waals surface area contributed by atoms with Crippen LogP contribution in [0.4, 0.5) is 5.69 Å². The molecule has 0 atom stereocenters. The third-order valence-corrected chi connectivity index (χ3v) is 5.60. The van der Waals surface area contributed by atoms with E-state index in [1.807, 2.05) is 0 Å². The molecule has 0 saturated heterocycles. The molecule has 0 aliphatic heterocycles. The quantitative estimate of drug-likeness (QED) is 0.444. The van der Waals surface area contributed by atoms with Crippen LogP contribution in [-0.2, 0) is 10.0 Å². The maximum Gasteiger partial charge on any atom is 0.265 e. The number of carbonyl (C=O) groups is 1. The zero-order chi connectivity index (χ0) is 20.9. The summed E-state index contributed by atoms with van der Waals surface area (Å²) in [6.07, 6.45) is 5.92. The zero-order valence-corrected chi connectivity index (χ0v) is 16.9. The summed E-state index contributed by atoms with van der Waals surface area (Å²) >= 11 is 5.85. The maximum absolute atomic E-state index is 12.8. The first-order valence-electron chi connectivity index (χ1n) is 8.48. The van der Waals surface area contributed by atoms with Gasteiger partial charge in [0, 0.05) is 16.8 Å². The summed E-state index contributed by atoms with van der Waals surface area (Å²) in [5.41, 5.74) is 1.30. The van der Waals surface area contributed by atoms with Gasteiger partial charge in [-0.05, 0) is 54.1 Å². The zero-order valence-electron chi connectivity index (χ0n) is 15.4. The van der Waals surface area contributed by atoms with E-state index in [9.17, 15) is 13.2 Å². The molecule has 3 aromatic rings. The molecule has 0 unspecified atom stereocenters. The monoisotopic (exact) mass is 428 g/mol. The summed E-state index contributed by atoms with van der Waals surface area (Å²) in [5, 5.41) is 0.597. The molecule has 0 aliphatic carbocycles. The van der Waals surface area contributed by atoms with Crippen LogP contribution in [0, 0.1) is 0 Å². The molecule has 0 bridgehead atoms. The van der Waals surface area contributed by atoms with Crippen molar-refractivity contribution in [3.63, 3.8) is 0 Å². The van der Waals surface area contributed by atoms with Gasteiger partial charge >= 0.3 is 0 Å². The fraction of sp³-hybridized carbons (Fsp3) is 0.0476. The van der Waals surface area contributed by atoms with E-state index in [1.54, 1.807) is 42.5 Å². The average Bonchev–Trinajstić information content (AvgIpc) is 2.73. The van der Waals surface area contributed by atoms with Crippen molar-refractivity contribution in [2.75, 3.05) is 11.8 Å². The summed E-state index contributed by atoms with van der Waals surface area (Å²) in [6.45, 7) is 0. The van der Waals surface area contributed by atoms with Crippen LogP contribution in [0.3, 0.4) is 0 Å². The Kier molecular flexibility index (Phi) is 6.31. The Bertz CT molecular complexity index is 1150. The van der Waals surface area contributed by atoms with Crippen molar-refractivity contribution in [1.82, 2.24) is 4.98 Å². The Balaban J connectivity index is 1.90. The largest absolute Gasteiger partial charge is 0.495 e. The van der Waals surface area contributed by atoms with Crippen LogP contribution in [0.2, 0.25) is 5.02 Å². The Morgan fingerprint density at radius 2 is 1.90 bits per heavy atom. The number of carbonyl (C=O) groups excluding carboxylic acids is 1. The number of allylic oxidation sites excluding steroid dienone is 1. The molecule has 1 aromatic heterocycles. The standard InChI is InChI=1S/C21H17ClN2O4S/c1-28-20-11-7-16(19(25)10-6-15-4-8-17(22)9-5-15)13-21(20)29(26,27)24-18-3-2-12-23-14-18/h2-14,24H,1H3/b10-6+. The number of sulfonamides is 1. The van der Waals surface area contributed by atoms with Crippen LogP contribution in [0.1, 0.15) is 15.9 Å². The van der Waals surface area contributed by atoms with E-state index in [4.69, 9.17) is 16.3 Å². The molecule has 1 heterocycles. The third kappa shape index (κ3) is 5.22. The molecule has 1 N–H and O–H groups in total. The number of anilines is 1. The number of ether oxygens (including phenoxy) is 1. The van der Waals surface area contributed by atoms with E-state index < -0.39 is 10.0 Å². The number of ketones is 1. The van der Waals surface area contributed by atoms with Gasteiger partial charge in [-0.1, -0.05) is 29.8 Å². The van der Waals surface area contributed by atoms with E-state index >= 15 is 0 Å². The second-order valence-corrected chi connectivity index (χ2v) is 8.05. The first-order valence-corrected chi connectivity index (χ1v) is 10.3. The van der Waals surface area contributed by atoms with Gasteiger partial charge in [0.25, 0.3) is 10.0 Å². The molecule has 3 rings (SSSR count). The highest BCUT2D eigenvalue weighted by atomic mass is 35.5. The van der Waals surface area contributed by atoms with E-state index in [0.717, 1.165) is 5.56 Å². The number of hydrogen-bond acceptors (Lipinski definition) is 5. The van der Waals surface area contributed by atoms with Gasteiger partial charge in [-0.3, -0.25) is 14.5 Å². The van der Waals surface area contributed by atoms with Crippen molar-refractivity contribution in [3.05, 3.63) is 89.2 Å². The lowest BCUT2D eigenvalue weighted by Crippen LogP contribution is -2.15. The Morgan fingerprint density at radius 1 is 1.14 bits per heavy atom.